The molecule has 9 heteroatoms. The van der Waals surface area contributed by atoms with E-state index in [0.29, 0.717) is 0 Å². The molecule has 0 bridgehead atoms. The Morgan fingerprint density at radius 1 is 1.40 bits per heavy atom. The fourth-order valence-corrected chi connectivity index (χ4v) is 2.78. The van der Waals surface area contributed by atoms with Crippen molar-refractivity contribution in [3.05, 3.63) is 33.9 Å². The molecule has 2 rings (SSSR count). The van der Waals surface area contributed by atoms with Gasteiger partial charge in [0.15, 0.2) is 5.69 Å². The van der Waals surface area contributed by atoms with Gasteiger partial charge < -0.3 is 10.8 Å². The summed E-state index contributed by atoms with van der Waals surface area (Å²) in [5, 5.41) is 8.90. The van der Waals surface area contributed by atoms with Crippen LogP contribution in [0.2, 0.25) is 0 Å². The number of carbonyl (C=O) groups is 1. The Morgan fingerprint density at radius 3 is 2.55 bits per heavy atom. The maximum atomic E-state index is 12.8. The maximum absolute atomic E-state index is 12.8. The highest BCUT2D eigenvalue weighted by Gasteiger charge is 2.33. The minimum atomic E-state index is -4.52. The van der Waals surface area contributed by atoms with Crippen molar-refractivity contribution in [1.82, 2.24) is 4.98 Å². The van der Waals surface area contributed by atoms with Crippen molar-refractivity contribution in [3.63, 3.8) is 0 Å². The molecule has 0 atom stereocenters. The van der Waals surface area contributed by atoms with Crippen molar-refractivity contribution in [2.24, 2.45) is 0 Å². The molecule has 0 fully saturated rings. The van der Waals surface area contributed by atoms with Gasteiger partial charge in [-0.2, -0.15) is 13.2 Å². The summed E-state index contributed by atoms with van der Waals surface area (Å²) in [5.41, 5.74) is 4.41. The third-order valence-electron chi connectivity index (χ3n) is 2.37. The molecule has 0 unspecified atom stereocenters. The number of carboxylic acids is 1. The highest BCUT2D eigenvalue weighted by atomic mass is 79.9. The summed E-state index contributed by atoms with van der Waals surface area (Å²) in [6.45, 7) is 0. The number of nitrogens with two attached hydrogens (primary N) is 1. The van der Waals surface area contributed by atoms with Crippen molar-refractivity contribution in [1.29, 1.82) is 0 Å². The summed E-state index contributed by atoms with van der Waals surface area (Å²) < 4.78 is 38.3. The van der Waals surface area contributed by atoms with E-state index in [0.717, 1.165) is 17.4 Å². The van der Waals surface area contributed by atoms with Gasteiger partial charge in [-0.15, -0.1) is 0 Å². The summed E-state index contributed by atoms with van der Waals surface area (Å²) in [4.78, 5) is 14.6. The summed E-state index contributed by atoms with van der Waals surface area (Å²) in [7, 11) is 0. The van der Waals surface area contributed by atoms with Crippen LogP contribution in [0.25, 0.3) is 10.6 Å². The van der Waals surface area contributed by atoms with Gasteiger partial charge in [0.2, 0.25) is 0 Å². The third-order valence-corrected chi connectivity index (χ3v) is 4.00. The van der Waals surface area contributed by atoms with Gasteiger partial charge in [0, 0.05) is 10.0 Å². The predicted molar refractivity (Wildman–Crippen MR) is 71.6 cm³/mol. The Bertz CT molecular complexity index is 685. The van der Waals surface area contributed by atoms with Crippen LogP contribution in [0.4, 0.5) is 18.2 Å². The van der Waals surface area contributed by atoms with Crippen LogP contribution >= 0.6 is 27.3 Å². The molecule has 1 heterocycles. The summed E-state index contributed by atoms with van der Waals surface area (Å²) in [5.74, 6) is -1.32. The number of aromatic carboxylic acids is 1. The number of nitrogens with zero attached hydrogens (tertiary/aromatic N) is 1. The number of benzene rings is 1. The fraction of sp³-hybridized carbons (Fsp3) is 0.0909. The van der Waals surface area contributed by atoms with E-state index in [1.54, 1.807) is 0 Å². The average Bonchev–Trinajstić information content (AvgIpc) is 2.70. The van der Waals surface area contributed by atoms with Gasteiger partial charge in [-0.3, -0.25) is 0 Å². The number of thiazole rings is 1. The number of anilines is 1. The molecule has 1 aromatic heterocycles. The van der Waals surface area contributed by atoms with Crippen molar-refractivity contribution in [2.45, 2.75) is 6.18 Å². The Hall–Kier alpha value is -1.61. The number of halogens is 4. The minimum Gasteiger partial charge on any atom is -0.476 e. The summed E-state index contributed by atoms with van der Waals surface area (Å²) in [6.07, 6.45) is -4.52. The third kappa shape index (κ3) is 2.78. The van der Waals surface area contributed by atoms with Crippen LogP contribution in [0.3, 0.4) is 0 Å². The van der Waals surface area contributed by atoms with E-state index in [-0.39, 0.29) is 25.7 Å². The van der Waals surface area contributed by atoms with Crippen molar-refractivity contribution in [2.75, 3.05) is 5.73 Å². The molecule has 20 heavy (non-hydrogen) atoms. The molecule has 3 N–H and O–H groups in total. The first-order chi connectivity index (χ1) is 9.20. The highest BCUT2D eigenvalue weighted by Crippen LogP contribution is 2.38. The molecule has 0 radical (unpaired) electrons. The lowest BCUT2D eigenvalue weighted by atomic mass is 10.1. The molecule has 0 aliphatic rings. The first-order valence-electron chi connectivity index (χ1n) is 5.07. The van der Waals surface area contributed by atoms with Gasteiger partial charge in [0.1, 0.15) is 10.0 Å². The van der Waals surface area contributed by atoms with Crippen LogP contribution in [0.15, 0.2) is 22.7 Å². The lowest BCUT2D eigenvalue weighted by Crippen LogP contribution is -2.06. The van der Waals surface area contributed by atoms with Crippen LogP contribution in [0.5, 0.6) is 0 Å². The molecule has 0 saturated heterocycles. The lowest BCUT2D eigenvalue weighted by Gasteiger charge is -2.10. The van der Waals surface area contributed by atoms with Crippen LogP contribution < -0.4 is 5.73 Å². The zero-order valence-electron chi connectivity index (χ0n) is 9.53. The second-order valence-electron chi connectivity index (χ2n) is 3.73. The molecule has 0 spiro atoms. The first kappa shape index (κ1) is 14.8. The van der Waals surface area contributed by atoms with E-state index in [1.807, 2.05) is 0 Å². The lowest BCUT2D eigenvalue weighted by molar-refractivity contribution is -0.138. The van der Waals surface area contributed by atoms with Gasteiger partial charge in [-0.1, -0.05) is 33.3 Å². The fourth-order valence-electron chi connectivity index (χ4n) is 1.48. The molecule has 4 nitrogen and oxygen atoms in total. The quantitative estimate of drug-likeness (QED) is 0.845. The molecular formula is C11H6BrF3N2O2S. The Kier molecular flexibility index (Phi) is 3.74. The van der Waals surface area contributed by atoms with E-state index in [9.17, 15) is 18.0 Å². The Balaban J connectivity index is 2.54. The zero-order valence-corrected chi connectivity index (χ0v) is 11.9. The zero-order chi connectivity index (χ0) is 15.1. The topological polar surface area (TPSA) is 76.2 Å². The number of alkyl halides is 3. The molecule has 0 aliphatic carbocycles. The number of nitrogen functional groups attached to an aromatic ring is 1. The SMILES string of the molecule is Nc1sc(-c2ccc(Br)c(C(F)(F)F)c2)nc1C(=O)O. The Labute approximate surface area is 123 Å². The van der Waals surface area contributed by atoms with Crippen LogP contribution in [-0.2, 0) is 6.18 Å². The minimum absolute atomic E-state index is 0.0519. The molecule has 1 aromatic carbocycles. The van der Waals surface area contributed by atoms with E-state index in [2.05, 4.69) is 20.9 Å². The number of rotatable bonds is 2. The highest BCUT2D eigenvalue weighted by molar-refractivity contribution is 9.10. The monoisotopic (exact) mass is 366 g/mol. The largest absolute Gasteiger partial charge is 0.476 e. The Morgan fingerprint density at radius 2 is 2.05 bits per heavy atom. The molecule has 2 aromatic rings. The van der Waals surface area contributed by atoms with Crippen molar-refractivity contribution < 1.29 is 23.1 Å². The molecule has 0 amide bonds. The van der Waals surface area contributed by atoms with Gasteiger partial charge >= 0.3 is 12.1 Å². The van der Waals surface area contributed by atoms with E-state index < -0.39 is 17.7 Å². The predicted octanol–water partition coefficient (Wildman–Crippen LogP) is 3.87. The van der Waals surface area contributed by atoms with E-state index in [1.165, 1.54) is 12.1 Å². The summed E-state index contributed by atoms with van der Waals surface area (Å²) in [6, 6.07) is 3.54. The molecule has 0 aliphatic heterocycles. The van der Waals surface area contributed by atoms with Crippen LogP contribution in [-0.4, -0.2) is 16.1 Å². The molecule has 0 saturated carbocycles. The van der Waals surface area contributed by atoms with Crippen molar-refractivity contribution in [3.8, 4) is 10.6 Å². The van der Waals surface area contributed by atoms with Gasteiger partial charge in [-0.05, 0) is 12.1 Å². The maximum Gasteiger partial charge on any atom is 0.417 e. The molecular weight excluding hydrogens is 361 g/mol. The standard InChI is InChI=1S/C11H6BrF3N2O2S/c12-6-2-1-4(3-5(6)11(13,14)15)9-17-7(10(18)19)8(16)20-9/h1-3H,16H2,(H,18,19). The normalized spacial score (nSPS) is 11.6. The number of hydrogen-bond acceptors (Lipinski definition) is 4. The molecule has 106 valence electrons. The second-order valence-corrected chi connectivity index (χ2v) is 5.61. The number of aromatic nitrogens is 1. The van der Waals surface area contributed by atoms with E-state index in [4.69, 9.17) is 10.8 Å². The smallest absolute Gasteiger partial charge is 0.417 e. The first-order valence-corrected chi connectivity index (χ1v) is 6.68. The second kappa shape index (κ2) is 5.06. The van der Waals surface area contributed by atoms with Gasteiger partial charge in [0.25, 0.3) is 0 Å². The van der Waals surface area contributed by atoms with Gasteiger partial charge in [-0.25, -0.2) is 9.78 Å². The summed E-state index contributed by atoms with van der Waals surface area (Å²) >= 11 is 3.65. The van der Waals surface area contributed by atoms with Gasteiger partial charge in [0.05, 0.1) is 5.56 Å². The van der Waals surface area contributed by atoms with E-state index >= 15 is 0 Å². The average molecular weight is 367 g/mol. The number of hydrogen-bond donors (Lipinski definition) is 2. The number of carboxylic acid groups (broad SMARTS) is 1. The van der Waals surface area contributed by atoms with Crippen LogP contribution in [0, 0.1) is 0 Å². The van der Waals surface area contributed by atoms with Crippen molar-refractivity contribution >= 4 is 38.2 Å². The van der Waals surface area contributed by atoms with Crippen LogP contribution in [0.1, 0.15) is 16.1 Å².